The summed E-state index contributed by atoms with van der Waals surface area (Å²) in [6.45, 7) is 6.48. The Morgan fingerprint density at radius 3 is 2.67 bits per heavy atom. The molecule has 0 spiro atoms. The van der Waals surface area contributed by atoms with E-state index in [0.717, 1.165) is 18.5 Å². The number of nitrogens with one attached hydrogen (secondary N) is 1. The molecule has 0 radical (unpaired) electrons. The summed E-state index contributed by atoms with van der Waals surface area (Å²) in [5.41, 5.74) is 1.43. The predicted octanol–water partition coefficient (Wildman–Crippen LogP) is 2.77. The molecule has 1 heterocycles. The Labute approximate surface area is 109 Å². The van der Waals surface area contributed by atoms with Crippen molar-refractivity contribution in [3.05, 3.63) is 24.0 Å². The third-order valence-electron chi connectivity index (χ3n) is 2.74. The maximum absolute atomic E-state index is 11.8. The minimum Gasteiger partial charge on any atom is -0.380 e. The van der Waals surface area contributed by atoms with Crippen molar-refractivity contribution in [3.63, 3.8) is 0 Å². The van der Waals surface area contributed by atoms with Crippen LogP contribution in [0, 0.1) is 0 Å². The van der Waals surface area contributed by atoms with Crippen molar-refractivity contribution in [3.8, 4) is 0 Å². The zero-order chi connectivity index (χ0) is 13.8. The summed E-state index contributed by atoms with van der Waals surface area (Å²) in [5, 5.41) is 3.44. The van der Waals surface area contributed by atoms with Gasteiger partial charge in [0.1, 0.15) is 5.69 Å². The van der Waals surface area contributed by atoms with Gasteiger partial charge in [-0.3, -0.25) is 9.78 Å². The van der Waals surface area contributed by atoms with Crippen molar-refractivity contribution in [2.45, 2.75) is 39.2 Å². The molecule has 4 nitrogen and oxygen atoms in total. The Morgan fingerprint density at radius 2 is 2.11 bits per heavy atom. The van der Waals surface area contributed by atoms with Gasteiger partial charge in [0.25, 0.3) is 5.91 Å². The minimum absolute atomic E-state index is 0.0224. The van der Waals surface area contributed by atoms with Gasteiger partial charge in [0, 0.05) is 31.5 Å². The highest BCUT2D eigenvalue weighted by Gasteiger charge is 2.17. The topological polar surface area (TPSA) is 45.2 Å². The monoisotopic (exact) mass is 249 g/mol. The lowest BCUT2D eigenvalue weighted by atomic mass is 9.98. The van der Waals surface area contributed by atoms with E-state index in [4.69, 9.17) is 0 Å². The fourth-order valence-electron chi connectivity index (χ4n) is 1.93. The second-order valence-corrected chi connectivity index (χ2v) is 5.39. The first kappa shape index (κ1) is 14.5. The molecule has 18 heavy (non-hydrogen) atoms. The van der Waals surface area contributed by atoms with Crippen LogP contribution in [0.1, 0.15) is 44.1 Å². The van der Waals surface area contributed by atoms with Crippen LogP contribution in [0.15, 0.2) is 18.3 Å². The van der Waals surface area contributed by atoms with Gasteiger partial charge >= 0.3 is 0 Å². The van der Waals surface area contributed by atoms with Crippen LogP contribution in [0.2, 0.25) is 0 Å². The molecule has 0 unspecified atom stereocenters. The van der Waals surface area contributed by atoms with Crippen molar-refractivity contribution in [2.75, 3.05) is 19.4 Å². The van der Waals surface area contributed by atoms with Gasteiger partial charge in [-0.15, -0.1) is 0 Å². The van der Waals surface area contributed by atoms with Crippen molar-refractivity contribution >= 4 is 11.6 Å². The Kier molecular flexibility index (Phi) is 4.70. The lowest BCUT2D eigenvalue weighted by Gasteiger charge is -2.27. The smallest absolute Gasteiger partial charge is 0.272 e. The summed E-state index contributed by atoms with van der Waals surface area (Å²) in [6, 6.07) is 3.70. The van der Waals surface area contributed by atoms with E-state index in [2.05, 4.69) is 31.1 Å². The van der Waals surface area contributed by atoms with Gasteiger partial charge in [-0.05, 0) is 32.4 Å². The third kappa shape index (κ3) is 4.02. The average molecular weight is 249 g/mol. The Bertz CT molecular complexity index is 413. The number of carbonyl (C=O) groups excluding carboxylic acids is 1. The summed E-state index contributed by atoms with van der Waals surface area (Å²) in [7, 11) is 3.45. The fraction of sp³-hybridized carbons (Fsp3) is 0.571. The van der Waals surface area contributed by atoms with Gasteiger partial charge < -0.3 is 10.2 Å². The summed E-state index contributed by atoms with van der Waals surface area (Å²) in [5.74, 6) is -0.0769. The summed E-state index contributed by atoms with van der Waals surface area (Å²) < 4.78 is 0. The third-order valence-corrected chi connectivity index (χ3v) is 2.74. The molecule has 4 heteroatoms. The highest BCUT2D eigenvalue weighted by molar-refractivity contribution is 5.92. The van der Waals surface area contributed by atoms with E-state index >= 15 is 0 Å². The Balaban J connectivity index is 2.86. The standard InChI is InChI=1S/C14H23N3O/c1-6-8-14(2,3)16-11-7-9-15-12(10-11)13(18)17(4)5/h7,9-10H,6,8H2,1-5H3,(H,15,16). The molecule has 0 saturated carbocycles. The van der Waals surface area contributed by atoms with Gasteiger partial charge in [0.05, 0.1) is 0 Å². The van der Waals surface area contributed by atoms with Gasteiger partial charge in [-0.2, -0.15) is 0 Å². The molecule has 1 N–H and O–H groups in total. The van der Waals surface area contributed by atoms with Crippen LogP contribution >= 0.6 is 0 Å². The zero-order valence-electron chi connectivity index (χ0n) is 11.9. The molecule has 1 rings (SSSR count). The number of hydrogen-bond donors (Lipinski definition) is 1. The first-order valence-electron chi connectivity index (χ1n) is 6.31. The lowest BCUT2D eigenvalue weighted by molar-refractivity contribution is 0.0822. The molecule has 1 aromatic rings. The number of aromatic nitrogens is 1. The maximum Gasteiger partial charge on any atom is 0.272 e. The fourth-order valence-corrected chi connectivity index (χ4v) is 1.93. The quantitative estimate of drug-likeness (QED) is 0.872. The number of carbonyl (C=O) groups is 1. The highest BCUT2D eigenvalue weighted by Crippen LogP contribution is 2.19. The molecule has 1 aromatic heterocycles. The van der Waals surface area contributed by atoms with Crippen molar-refractivity contribution in [2.24, 2.45) is 0 Å². The van der Waals surface area contributed by atoms with Gasteiger partial charge in [0.2, 0.25) is 0 Å². The normalized spacial score (nSPS) is 11.2. The van der Waals surface area contributed by atoms with E-state index in [1.807, 2.05) is 6.07 Å². The number of hydrogen-bond acceptors (Lipinski definition) is 3. The molecule has 0 aliphatic carbocycles. The molecule has 1 amide bonds. The number of nitrogens with zero attached hydrogens (tertiary/aromatic N) is 2. The number of rotatable bonds is 5. The minimum atomic E-state index is -0.0769. The predicted molar refractivity (Wildman–Crippen MR) is 74.9 cm³/mol. The van der Waals surface area contributed by atoms with Gasteiger partial charge in [0.15, 0.2) is 0 Å². The molecule has 100 valence electrons. The van der Waals surface area contributed by atoms with Crippen LogP contribution in [0.3, 0.4) is 0 Å². The van der Waals surface area contributed by atoms with E-state index in [0.29, 0.717) is 5.69 Å². The first-order chi connectivity index (χ1) is 8.35. The van der Waals surface area contributed by atoms with E-state index in [1.165, 1.54) is 4.90 Å². The van der Waals surface area contributed by atoms with E-state index < -0.39 is 0 Å². The Morgan fingerprint density at radius 1 is 1.44 bits per heavy atom. The Hall–Kier alpha value is -1.58. The highest BCUT2D eigenvalue weighted by atomic mass is 16.2. The molecule has 0 atom stereocenters. The summed E-state index contributed by atoms with van der Waals surface area (Å²) in [6.07, 6.45) is 3.86. The van der Waals surface area contributed by atoms with Crippen LogP contribution in [-0.4, -0.2) is 35.4 Å². The lowest BCUT2D eigenvalue weighted by Crippen LogP contribution is -2.30. The molecule has 0 saturated heterocycles. The molecule has 0 bridgehead atoms. The second-order valence-electron chi connectivity index (χ2n) is 5.39. The average Bonchev–Trinajstić information content (AvgIpc) is 2.27. The maximum atomic E-state index is 11.8. The molecular weight excluding hydrogens is 226 g/mol. The molecule has 0 aromatic carbocycles. The van der Waals surface area contributed by atoms with Crippen LogP contribution in [0.5, 0.6) is 0 Å². The van der Waals surface area contributed by atoms with E-state index in [1.54, 1.807) is 26.4 Å². The second kappa shape index (κ2) is 5.85. The van der Waals surface area contributed by atoms with Crippen LogP contribution in [-0.2, 0) is 0 Å². The molecule has 0 aliphatic heterocycles. The zero-order valence-corrected chi connectivity index (χ0v) is 11.9. The van der Waals surface area contributed by atoms with Gasteiger partial charge in [-0.25, -0.2) is 0 Å². The van der Waals surface area contributed by atoms with Gasteiger partial charge in [-0.1, -0.05) is 13.3 Å². The molecular formula is C14H23N3O. The SMILES string of the molecule is CCCC(C)(C)Nc1ccnc(C(=O)N(C)C)c1. The summed E-state index contributed by atoms with van der Waals surface area (Å²) in [4.78, 5) is 17.5. The van der Waals surface area contributed by atoms with E-state index in [-0.39, 0.29) is 11.4 Å². The van der Waals surface area contributed by atoms with Crippen LogP contribution in [0.25, 0.3) is 0 Å². The van der Waals surface area contributed by atoms with Crippen LogP contribution < -0.4 is 5.32 Å². The van der Waals surface area contributed by atoms with E-state index in [9.17, 15) is 4.79 Å². The van der Waals surface area contributed by atoms with Crippen molar-refractivity contribution in [1.29, 1.82) is 0 Å². The largest absolute Gasteiger partial charge is 0.380 e. The number of anilines is 1. The van der Waals surface area contributed by atoms with Crippen molar-refractivity contribution < 1.29 is 4.79 Å². The molecule has 0 fully saturated rings. The molecule has 0 aliphatic rings. The van der Waals surface area contributed by atoms with Crippen LogP contribution in [0.4, 0.5) is 5.69 Å². The number of amides is 1. The summed E-state index contributed by atoms with van der Waals surface area (Å²) >= 11 is 0. The number of pyridine rings is 1. The first-order valence-corrected chi connectivity index (χ1v) is 6.31. The van der Waals surface area contributed by atoms with Crippen molar-refractivity contribution in [1.82, 2.24) is 9.88 Å².